The largest absolute Gasteiger partial charge is 0.368 e. The van der Waals surface area contributed by atoms with Gasteiger partial charge >= 0.3 is 0 Å². The molecule has 3 heterocycles. The topological polar surface area (TPSA) is 96.8 Å². The zero-order valence-corrected chi connectivity index (χ0v) is 15.3. The van der Waals surface area contributed by atoms with Crippen LogP contribution in [0.15, 0.2) is 42.7 Å². The highest BCUT2D eigenvalue weighted by atomic mass is 19.1. The third-order valence-electron chi connectivity index (χ3n) is 4.88. The molecule has 8 nitrogen and oxygen atoms in total. The van der Waals surface area contributed by atoms with Crippen LogP contribution < -0.4 is 15.5 Å². The molecule has 1 saturated heterocycles. The summed E-state index contributed by atoms with van der Waals surface area (Å²) in [5, 5.41) is 4.13. The molecule has 2 N–H and O–H groups in total. The zero-order chi connectivity index (χ0) is 20.5. The SMILES string of the molecule is NC(=O)CN(C=O)c1cnn2ccc(N3C[C@@H](F)C[C@@H]3c3cccc(F)c3)nc12. The van der Waals surface area contributed by atoms with Crippen molar-refractivity contribution < 1.29 is 18.4 Å². The van der Waals surface area contributed by atoms with Crippen LogP contribution in [0, 0.1) is 5.82 Å². The lowest BCUT2D eigenvalue weighted by Gasteiger charge is -2.26. The fourth-order valence-corrected chi connectivity index (χ4v) is 3.62. The first-order valence-electron chi connectivity index (χ1n) is 8.97. The molecule has 1 aromatic carbocycles. The quantitative estimate of drug-likeness (QED) is 0.634. The monoisotopic (exact) mass is 400 g/mol. The van der Waals surface area contributed by atoms with E-state index in [1.807, 2.05) is 0 Å². The lowest BCUT2D eigenvalue weighted by molar-refractivity contribution is -0.118. The predicted molar refractivity (Wildman–Crippen MR) is 102 cm³/mol. The molecule has 1 aliphatic heterocycles. The molecule has 2 amide bonds. The summed E-state index contributed by atoms with van der Waals surface area (Å²) in [5.41, 5.74) is 6.47. The summed E-state index contributed by atoms with van der Waals surface area (Å²) >= 11 is 0. The van der Waals surface area contributed by atoms with Gasteiger partial charge in [-0.2, -0.15) is 5.10 Å². The molecule has 10 heteroatoms. The number of anilines is 2. The van der Waals surface area contributed by atoms with Crippen molar-refractivity contribution in [2.24, 2.45) is 5.73 Å². The number of alkyl halides is 1. The van der Waals surface area contributed by atoms with Crippen molar-refractivity contribution in [3.63, 3.8) is 0 Å². The first kappa shape index (κ1) is 18.8. The first-order valence-corrected chi connectivity index (χ1v) is 8.97. The Morgan fingerprint density at radius 3 is 2.93 bits per heavy atom. The lowest BCUT2D eigenvalue weighted by Crippen LogP contribution is -2.32. The van der Waals surface area contributed by atoms with Gasteiger partial charge in [0.25, 0.3) is 0 Å². The second-order valence-electron chi connectivity index (χ2n) is 6.84. The van der Waals surface area contributed by atoms with Crippen molar-refractivity contribution in [1.29, 1.82) is 0 Å². The van der Waals surface area contributed by atoms with E-state index >= 15 is 0 Å². The smallest absolute Gasteiger partial charge is 0.237 e. The Labute approximate surface area is 164 Å². The molecular formula is C19H18F2N6O2. The van der Waals surface area contributed by atoms with Gasteiger partial charge in [0, 0.05) is 12.6 Å². The van der Waals surface area contributed by atoms with Gasteiger partial charge in [-0.3, -0.25) is 9.59 Å². The van der Waals surface area contributed by atoms with Gasteiger partial charge in [-0.25, -0.2) is 18.3 Å². The Bertz CT molecular complexity index is 1070. The van der Waals surface area contributed by atoms with Crippen LogP contribution in [-0.2, 0) is 9.59 Å². The van der Waals surface area contributed by atoms with Crippen molar-refractivity contribution in [1.82, 2.24) is 14.6 Å². The van der Waals surface area contributed by atoms with E-state index in [2.05, 4.69) is 10.1 Å². The van der Waals surface area contributed by atoms with Gasteiger partial charge in [0.05, 0.1) is 18.8 Å². The number of carbonyl (C=O) groups is 2. The number of aromatic nitrogens is 3. The molecule has 0 radical (unpaired) electrons. The van der Waals surface area contributed by atoms with E-state index in [0.717, 1.165) is 4.90 Å². The summed E-state index contributed by atoms with van der Waals surface area (Å²) in [5.74, 6) is -0.614. The average Bonchev–Trinajstić information content (AvgIpc) is 3.29. The maximum absolute atomic E-state index is 14.3. The van der Waals surface area contributed by atoms with Gasteiger partial charge in [-0.15, -0.1) is 0 Å². The van der Waals surface area contributed by atoms with Crippen LogP contribution in [-0.4, -0.2) is 46.2 Å². The number of halogens is 2. The summed E-state index contributed by atoms with van der Waals surface area (Å²) in [6.45, 7) is -0.217. The van der Waals surface area contributed by atoms with Gasteiger partial charge in [-0.1, -0.05) is 12.1 Å². The Kier molecular flexibility index (Phi) is 4.83. The van der Waals surface area contributed by atoms with Crippen LogP contribution in [0.4, 0.5) is 20.3 Å². The first-order chi connectivity index (χ1) is 14.0. The summed E-state index contributed by atoms with van der Waals surface area (Å²) in [7, 11) is 0. The van der Waals surface area contributed by atoms with Gasteiger partial charge < -0.3 is 15.5 Å². The highest BCUT2D eigenvalue weighted by Gasteiger charge is 2.34. The highest BCUT2D eigenvalue weighted by Crippen LogP contribution is 2.37. The molecule has 150 valence electrons. The molecule has 29 heavy (non-hydrogen) atoms. The van der Waals surface area contributed by atoms with Crippen molar-refractivity contribution in [3.8, 4) is 0 Å². The van der Waals surface area contributed by atoms with E-state index in [9.17, 15) is 18.4 Å². The van der Waals surface area contributed by atoms with Crippen LogP contribution in [0.1, 0.15) is 18.0 Å². The van der Waals surface area contributed by atoms with Gasteiger partial charge in [0.2, 0.25) is 12.3 Å². The minimum atomic E-state index is -1.09. The number of fused-ring (bicyclic) bond motifs is 1. The number of nitrogens with zero attached hydrogens (tertiary/aromatic N) is 5. The molecule has 2 atom stereocenters. The highest BCUT2D eigenvalue weighted by molar-refractivity contribution is 5.91. The van der Waals surface area contributed by atoms with Gasteiger partial charge in [0.1, 0.15) is 30.0 Å². The summed E-state index contributed by atoms with van der Waals surface area (Å²) in [6, 6.07) is 7.36. The molecule has 0 unspecified atom stereocenters. The number of hydrogen-bond donors (Lipinski definition) is 1. The van der Waals surface area contributed by atoms with E-state index in [-0.39, 0.29) is 31.4 Å². The van der Waals surface area contributed by atoms with Crippen LogP contribution in [0.3, 0.4) is 0 Å². The van der Waals surface area contributed by atoms with Crippen LogP contribution >= 0.6 is 0 Å². The number of amides is 2. The average molecular weight is 400 g/mol. The molecule has 0 saturated carbocycles. The van der Waals surface area contributed by atoms with E-state index in [4.69, 9.17) is 5.73 Å². The molecular weight excluding hydrogens is 382 g/mol. The second-order valence-corrected chi connectivity index (χ2v) is 6.84. The predicted octanol–water partition coefficient (Wildman–Crippen LogP) is 1.61. The Hall–Kier alpha value is -3.56. The van der Waals surface area contributed by atoms with Crippen molar-refractivity contribution >= 4 is 29.5 Å². The van der Waals surface area contributed by atoms with Crippen LogP contribution in [0.25, 0.3) is 5.65 Å². The van der Waals surface area contributed by atoms with E-state index in [0.29, 0.717) is 29.1 Å². The minimum Gasteiger partial charge on any atom is -0.368 e. The summed E-state index contributed by atoms with van der Waals surface area (Å²) in [4.78, 5) is 30.0. The molecule has 0 bridgehead atoms. The normalized spacial score (nSPS) is 18.9. The third-order valence-corrected chi connectivity index (χ3v) is 4.88. The van der Waals surface area contributed by atoms with E-state index < -0.39 is 12.1 Å². The van der Waals surface area contributed by atoms with Crippen molar-refractivity contribution in [2.45, 2.75) is 18.6 Å². The number of carbonyl (C=O) groups excluding carboxylic acids is 2. The summed E-state index contributed by atoms with van der Waals surface area (Å²) < 4.78 is 29.4. The summed E-state index contributed by atoms with van der Waals surface area (Å²) in [6.07, 6.45) is 2.62. The standard InChI is InChI=1S/C19H18F2N6O2/c20-13-3-1-2-12(6-13)15-7-14(21)9-26(15)18-4-5-27-19(24-18)16(8-23-27)25(11-28)10-17(22)29/h1-6,8,11,14-15H,7,9-10H2,(H2,22,29)/t14-,15+/m0/s1. The number of hydrogen-bond acceptors (Lipinski definition) is 5. The van der Waals surface area contributed by atoms with Gasteiger partial charge in [0.15, 0.2) is 5.65 Å². The van der Waals surface area contributed by atoms with Crippen LogP contribution in [0.5, 0.6) is 0 Å². The minimum absolute atomic E-state index is 0.104. The maximum atomic E-state index is 14.3. The maximum Gasteiger partial charge on any atom is 0.237 e. The number of benzene rings is 1. The fourth-order valence-electron chi connectivity index (χ4n) is 3.62. The van der Waals surface area contributed by atoms with E-state index in [1.165, 1.54) is 22.8 Å². The Balaban J connectivity index is 1.74. The Morgan fingerprint density at radius 1 is 1.38 bits per heavy atom. The van der Waals surface area contributed by atoms with Crippen molar-refractivity contribution in [2.75, 3.05) is 22.9 Å². The third kappa shape index (κ3) is 3.60. The van der Waals surface area contributed by atoms with Crippen LogP contribution in [0.2, 0.25) is 0 Å². The number of rotatable bonds is 6. The fraction of sp³-hybridized carbons (Fsp3) is 0.263. The number of primary amides is 1. The lowest BCUT2D eigenvalue weighted by atomic mass is 10.0. The number of nitrogens with two attached hydrogens (primary N) is 1. The molecule has 1 aliphatic rings. The second kappa shape index (κ2) is 7.46. The zero-order valence-electron chi connectivity index (χ0n) is 15.3. The van der Waals surface area contributed by atoms with Gasteiger partial charge in [-0.05, 0) is 23.8 Å². The van der Waals surface area contributed by atoms with E-state index in [1.54, 1.807) is 29.3 Å². The molecule has 4 rings (SSSR count). The molecule has 2 aromatic heterocycles. The van der Waals surface area contributed by atoms with Crippen molar-refractivity contribution in [3.05, 3.63) is 54.1 Å². The molecule has 0 spiro atoms. The molecule has 0 aliphatic carbocycles. The molecule has 3 aromatic rings. The molecule has 1 fully saturated rings. The Morgan fingerprint density at radius 2 is 2.21 bits per heavy atom.